The molecule has 3 rings (SSSR count). The number of methoxy groups -OCH3 is 1. The Kier molecular flexibility index (Phi) is 6.01. The third kappa shape index (κ3) is 4.24. The minimum Gasteiger partial charge on any atom is -0.453 e. The molecule has 1 aromatic carbocycles. The molecule has 8 nitrogen and oxygen atoms in total. The number of carbonyl (C=O) groups excluding carboxylic acids is 2. The third-order valence-corrected chi connectivity index (χ3v) is 6.95. The highest BCUT2D eigenvalue weighted by Crippen LogP contribution is 2.23. The van der Waals surface area contributed by atoms with Gasteiger partial charge in [0.2, 0.25) is 15.9 Å². The molecule has 148 valence electrons. The fourth-order valence-corrected chi connectivity index (χ4v) is 5.08. The van der Waals surface area contributed by atoms with Crippen molar-refractivity contribution in [3.05, 3.63) is 24.3 Å². The molecule has 0 spiro atoms. The number of carbonyl (C=O) groups is 2. The van der Waals surface area contributed by atoms with Crippen molar-refractivity contribution >= 4 is 27.7 Å². The highest BCUT2D eigenvalue weighted by molar-refractivity contribution is 7.89. The second kappa shape index (κ2) is 8.26. The first kappa shape index (κ1) is 19.6. The fourth-order valence-electron chi connectivity index (χ4n) is 3.57. The van der Waals surface area contributed by atoms with E-state index in [9.17, 15) is 18.0 Å². The van der Waals surface area contributed by atoms with Crippen molar-refractivity contribution in [3.8, 4) is 0 Å². The van der Waals surface area contributed by atoms with Crippen molar-refractivity contribution in [2.24, 2.45) is 0 Å². The van der Waals surface area contributed by atoms with Gasteiger partial charge in [-0.3, -0.25) is 9.69 Å². The lowest BCUT2D eigenvalue weighted by Gasteiger charge is -2.26. The van der Waals surface area contributed by atoms with E-state index >= 15 is 0 Å². The molecule has 0 aromatic heterocycles. The summed E-state index contributed by atoms with van der Waals surface area (Å²) < 4.78 is 31.5. The average Bonchev–Trinajstić information content (AvgIpc) is 3.18. The molecule has 1 N–H and O–H groups in total. The lowest BCUT2D eigenvalue weighted by molar-refractivity contribution is -0.119. The first-order chi connectivity index (χ1) is 12.9. The quantitative estimate of drug-likeness (QED) is 0.842. The molecule has 0 bridgehead atoms. The summed E-state index contributed by atoms with van der Waals surface area (Å²) >= 11 is 0. The number of piperidine rings is 1. The summed E-state index contributed by atoms with van der Waals surface area (Å²) in [6, 6.07) is 5.59. The van der Waals surface area contributed by atoms with Gasteiger partial charge in [0.25, 0.3) is 0 Å². The normalized spacial score (nSPS) is 21.1. The molecular weight excluding hydrogens is 370 g/mol. The van der Waals surface area contributed by atoms with Crippen LogP contribution < -0.4 is 5.32 Å². The van der Waals surface area contributed by atoms with Crippen LogP contribution >= 0.6 is 0 Å². The van der Waals surface area contributed by atoms with Crippen LogP contribution in [0.4, 0.5) is 10.5 Å². The van der Waals surface area contributed by atoms with E-state index < -0.39 is 22.2 Å². The van der Waals surface area contributed by atoms with Crippen molar-refractivity contribution < 1.29 is 22.7 Å². The summed E-state index contributed by atoms with van der Waals surface area (Å²) in [5, 5.41) is 2.75. The van der Waals surface area contributed by atoms with E-state index in [1.165, 1.54) is 28.4 Å². The first-order valence-electron chi connectivity index (χ1n) is 9.19. The van der Waals surface area contributed by atoms with E-state index in [1.807, 2.05) is 0 Å². The molecule has 1 unspecified atom stereocenters. The van der Waals surface area contributed by atoms with Crippen molar-refractivity contribution in [3.63, 3.8) is 0 Å². The van der Waals surface area contributed by atoms with E-state index in [4.69, 9.17) is 4.74 Å². The SMILES string of the molecule is COC(=O)N1CCCC1C(=O)Nc1ccc(S(=O)(=O)N2CCCCC2)cc1. The molecular formula is C18H25N3O5S. The Morgan fingerprint density at radius 1 is 1.04 bits per heavy atom. The van der Waals surface area contributed by atoms with E-state index in [1.54, 1.807) is 12.1 Å². The van der Waals surface area contributed by atoms with Crippen molar-refractivity contribution in [1.29, 1.82) is 0 Å². The number of nitrogens with one attached hydrogen (secondary N) is 1. The fraction of sp³-hybridized carbons (Fsp3) is 0.556. The number of nitrogens with zero attached hydrogens (tertiary/aromatic N) is 2. The Labute approximate surface area is 159 Å². The maximum absolute atomic E-state index is 12.7. The van der Waals surface area contributed by atoms with E-state index in [0.717, 1.165) is 25.7 Å². The molecule has 1 aromatic rings. The van der Waals surface area contributed by atoms with E-state index in [2.05, 4.69) is 5.32 Å². The number of hydrogen-bond acceptors (Lipinski definition) is 5. The van der Waals surface area contributed by atoms with Gasteiger partial charge in [-0.25, -0.2) is 13.2 Å². The number of anilines is 1. The predicted molar refractivity (Wildman–Crippen MR) is 99.8 cm³/mol. The van der Waals surface area contributed by atoms with Gasteiger partial charge in [0, 0.05) is 25.3 Å². The number of hydrogen-bond donors (Lipinski definition) is 1. The van der Waals surface area contributed by atoms with Gasteiger partial charge < -0.3 is 10.1 Å². The molecule has 0 aliphatic carbocycles. The van der Waals surface area contributed by atoms with Gasteiger partial charge in [-0.2, -0.15) is 4.31 Å². The molecule has 2 aliphatic heterocycles. The number of ether oxygens (including phenoxy) is 1. The maximum Gasteiger partial charge on any atom is 0.410 e. The summed E-state index contributed by atoms with van der Waals surface area (Å²) in [6.45, 7) is 1.58. The predicted octanol–water partition coefficient (Wildman–Crippen LogP) is 2.03. The van der Waals surface area contributed by atoms with Crippen LogP contribution in [-0.2, 0) is 19.6 Å². The molecule has 2 saturated heterocycles. The number of rotatable bonds is 4. The lowest BCUT2D eigenvalue weighted by Crippen LogP contribution is -2.43. The Hall–Kier alpha value is -2.13. The van der Waals surface area contributed by atoms with Crippen LogP contribution in [0, 0.1) is 0 Å². The molecule has 2 aliphatic rings. The zero-order valence-corrected chi connectivity index (χ0v) is 16.2. The molecule has 27 heavy (non-hydrogen) atoms. The highest BCUT2D eigenvalue weighted by atomic mass is 32.2. The van der Waals surface area contributed by atoms with Crippen molar-refractivity contribution in [1.82, 2.24) is 9.21 Å². The van der Waals surface area contributed by atoms with Crippen LogP contribution in [0.1, 0.15) is 32.1 Å². The van der Waals surface area contributed by atoms with E-state index in [0.29, 0.717) is 31.7 Å². The smallest absolute Gasteiger partial charge is 0.410 e. The van der Waals surface area contributed by atoms with Crippen LogP contribution in [0.25, 0.3) is 0 Å². The number of likely N-dealkylation sites (tertiary alicyclic amines) is 1. The van der Waals surface area contributed by atoms with Gasteiger partial charge in [-0.05, 0) is 49.9 Å². The molecule has 0 saturated carbocycles. The second-order valence-electron chi connectivity index (χ2n) is 6.80. The maximum atomic E-state index is 12.7. The van der Waals surface area contributed by atoms with Gasteiger partial charge in [0.05, 0.1) is 12.0 Å². The summed E-state index contributed by atoms with van der Waals surface area (Å²) in [7, 11) is -2.21. The van der Waals surface area contributed by atoms with Crippen LogP contribution in [0.2, 0.25) is 0 Å². The van der Waals surface area contributed by atoms with Crippen LogP contribution in [0.3, 0.4) is 0 Å². The first-order valence-corrected chi connectivity index (χ1v) is 10.6. The molecule has 2 heterocycles. The van der Waals surface area contributed by atoms with Crippen molar-refractivity contribution in [2.45, 2.75) is 43.0 Å². The standard InChI is InChI=1S/C18H25N3O5S/c1-26-18(23)21-13-5-6-16(21)17(22)19-14-7-9-15(10-8-14)27(24,25)20-11-3-2-4-12-20/h7-10,16H,2-6,11-13H2,1H3,(H,19,22). The minimum absolute atomic E-state index is 0.222. The molecule has 2 amide bonds. The van der Waals surface area contributed by atoms with Crippen LogP contribution in [-0.4, -0.2) is 62.4 Å². The topological polar surface area (TPSA) is 96.0 Å². The van der Waals surface area contributed by atoms with Gasteiger partial charge >= 0.3 is 6.09 Å². The zero-order chi connectivity index (χ0) is 19.4. The summed E-state index contributed by atoms with van der Waals surface area (Å²) in [5.74, 6) is -0.301. The molecule has 0 radical (unpaired) electrons. The third-order valence-electron chi connectivity index (χ3n) is 5.04. The molecule has 2 fully saturated rings. The lowest BCUT2D eigenvalue weighted by atomic mass is 10.2. The largest absolute Gasteiger partial charge is 0.453 e. The van der Waals surface area contributed by atoms with E-state index in [-0.39, 0.29) is 10.8 Å². The number of benzene rings is 1. The monoisotopic (exact) mass is 395 g/mol. The number of sulfonamides is 1. The summed E-state index contributed by atoms with van der Waals surface area (Å²) in [5.41, 5.74) is 0.495. The summed E-state index contributed by atoms with van der Waals surface area (Å²) in [4.78, 5) is 25.9. The Morgan fingerprint density at radius 3 is 2.33 bits per heavy atom. The Bertz CT molecular complexity index is 788. The van der Waals surface area contributed by atoms with Gasteiger partial charge in [-0.15, -0.1) is 0 Å². The van der Waals surface area contributed by atoms with Crippen molar-refractivity contribution in [2.75, 3.05) is 32.1 Å². The van der Waals surface area contributed by atoms with Crippen LogP contribution in [0.15, 0.2) is 29.2 Å². The Balaban J connectivity index is 1.67. The van der Waals surface area contributed by atoms with Gasteiger partial charge in [0.1, 0.15) is 6.04 Å². The second-order valence-corrected chi connectivity index (χ2v) is 8.74. The Morgan fingerprint density at radius 2 is 1.70 bits per heavy atom. The van der Waals surface area contributed by atoms with Crippen LogP contribution in [0.5, 0.6) is 0 Å². The van der Waals surface area contributed by atoms with Gasteiger partial charge in [-0.1, -0.05) is 6.42 Å². The molecule has 9 heteroatoms. The minimum atomic E-state index is -3.50. The summed E-state index contributed by atoms with van der Waals surface area (Å²) in [6.07, 6.45) is 3.61. The zero-order valence-electron chi connectivity index (χ0n) is 15.4. The highest BCUT2D eigenvalue weighted by Gasteiger charge is 2.34. The molecule has 1 atom stereocenters. The van der Waals surface area contributed by atoms with Gasteiger partial charge in [0.15, 0.2) is 0 Å². The number of amides is 2. The average molecular weight is 395 g/mol.